The first-order valence-electron chi connectivity index (χ1n) is 12.1. The molecule has 0 aromatic heterocycles. The molecule has 31 heavy (non-hydrogen) atoms. The lowest BCUT2D eigenvalue weighted by Crippen LogP contribution is -2.44. The molecule has 4 nitrogen and oxygen atoms in total. The first kappa shape index (κ1) is 22.8. The van der Waals surface area contributed by atoms with Crippen LogP contribution in [-0.2, 0) is 11.2 Å². The highest BCUT2D eigenvalue weighted by molar-refractivity contribution is 6.74. The van der Waals surface area contributed by atoms with E-state index < -0.39 is 8.32 Å². The van der Waals surface area contributed by atoms with Crippen LogP contribution in [0.5, 0.6) is 5.75 Å². The molecule has 4 rings (SSSR count). The minimum Gasteiger partial charge on any atom is -0.542 e. The zero-order valence-electron chi connectivity index (χ0n) is 20.5. The first-order chi connectivity index (χ1) is 14.3. The Morgan fingerprint density at radius 1 is 1.19 bits per heavy atom. The van der Waals surface area contributed by atoms with E-state index in [0.717, 1.165) is 43.5 Å². The van der Waals surface area contributed by atoms with Crippen LogP contribution in [0.1, 0.15) is 83.8 Å². The molecule has 1 aromatic carbocycles. The lowest BCUT2D eigenvalue weighted by molar-refractivity contribution is -0.114. The van der Waals surface area contributed by atoms with Gasteiger partial charge >= 0.3 is 0 Å². The van der Waals surface area contributed by atoms with Crippen LogP contribution in [0, 0.1) is 17.3 Å². The Morgan fingerprint density at radius 3 is 2.55 bits per heavy atom. The molecule has 1 aromatic rings. The molecule has 0 bridgehead atoms. The number of hydrogen-bond donors (Lipinski definition) is 2. The Hall–Kier alpha value is -1.33. The van der Waals surface area contributed by atoms with Crippen molar-refractivity contribution in [1.82, 2.24) is 0 Å². The number of carbonyl (C=O) groups excluding carboxylic acids is 1. The van der Waals surface area contributed by atoms with E-state index in [2.05, 4.69) is 58.2 Å². The van der Waals surface area contributed by atoms with Crippen molar-refractivity contribution in [3.63, 3.8) is 0 Å². The Balaban J connectivity index is 1.71. The van der Waals surface area contributed by atoms with Crippen molar-refractivity contribution in [2.75, 3.05) is 5.32 Å². The van der Waals surface area contributed by atoms with Crippen LogP contribution >= 0.6 is 0 Å². The summed E-state index contributed by atoms with van der Waals surface area (Å²) in [5.41, 5.74) is 3.72. The predicted molar refractivity (Wildman–Crippen MR) is 129 cm³/mol. The smallest absolute Gasteiger partial charge is 0.250 e. The molecule has 5 heteroatoms. The molecule has 2 saturated carbocycles. The summed E-state index contributed by atoms with van der Waals surface area (Å²) in [6.45, 7) is 15.1. The highest BCUT2D eigenvalue weighted by Gasteiger charge is 2.54. The molecule has 172 valence electrons. The molecule has 5 atom stereocenters. The fourth-order valence-corrected chi connectivity index (χ4v) is 7.40. The van der Waals surface area contributed by atoms with Gasteiger partial charge < -0.3 is 14.8 Å². The molecule has 2 fully saturated rings. The number of fused-ring (bicyclic) bond motifs is 5. The highest BCUT2D eigenvalue weighted by Crippen LogP contribution is 2.61. The van der Waals surface area contributed by atoms with Crippen LogP contribution in [0.4, 0.5) is 5.69 Å². The van der Waals surface area contributed by atoms with E-state index in [0.29, 0.717) is 17.8 Å². The average Bonchev–Trinajstić information content (AvgIpc) is 2.95. The fraction of sp³-hybridized carbons (Fsp3) is 0.731. The second-order valence-electron chi connectivity index (χ2n) is 12.1. The number of aliphatic hydroxyl groups excluding tert-OH is 1. The number of anilines is 1. The van der Waals surface area contributed by atoms with Gasteiger partial charge in [0, 0.05) is 6.92 Å². The van der Waals surface area contributed by atoms with Gasteiger partial charge in [-0.2, -0.15) is 0 Å². The second-order valence-corrected chi connectivity index (χ2v) is 16.9. The zero-order valence-corrected chi connectivity index (χ0v) is 21.5. The Labute approximate surface area is 189 Å². The molecule has 0 heterocycles. The zero-order chi connectivity index (χ0) is 22.8. The molecular weight excluding hydrogens is 402 g/mol. The maximum atomic E-state index is 12.0. The average molecular weight is 444 g/mol. The minimum absolute atomic E-state index is 0.0532. The molecule has 0 unspecified atom stereocenters. The van der Waals surface area contributed by atoms with Crippen LogP contribution < -0.4 is 9.74 Å². The third kappa shape index (κ3) is 3.86. The van der Waals surface area contributed by atoms with Gasteiger partial charge in [0.2, 0.25) is 5.91 Å². The van der Waals surface area contributed by atoms with Crippen LogP contribution in [0.3, 0.4) is 0 Å². The van der Waals surface area contributed by atoms with E-state index in [4.69, 9.17) is 4.43 Å². The molecule has 0 spiro atoms. The van der Waals surface area contributed by atoms with Gasteiger partial charge in [0.05, 0.1) is 11.8 Å². The summed E-state index contributed by atoms with van der Waals surface area (Å²) in [5, 5.41) is 13.8. The van der Waals surface area contributed by atoms with Gasteiger partial charge in [-0.15, -0.1) is 0 Å². The van der Waals surface area contributed by atoms with Gasteiger partial charge in [-0.25, -0.2) is 0 Å². The Bertz CT molecular complexity index is 874. The van der Waals surface area contributed by atoms with E-state index >= 15 is 0 Å². The predicted octanol–water partition coefficient (Wildman–Crippen LogP) is 6.25. The van der Waals surface area contributed by atoms with Crippen molar-refractivity contribution in [3.8, 4) is 5.75 Å². The normalized spacial score (nSPS) is 32.6. The number of nitrogens with one attached hydrogen (secondary N) is 1. The van der Waals surface area contributed by atoms with E-state index in [1.807, 2.05) is 0 Å². The third-order valence-electron chi connectivity index (χ3n) is 9.26. The van der Waals surface area contributed by atoms with E-state index in [-0.39, 0.29) is 22.5 Å². The van der Waals surface area contributed by atoms with Gasteiger partial charge in [0.1, 0.15) is 5.75 Å². The van der Waals surface area contributed by atoms with Gasteiger partial charge in [-0.3, -0.25) is 4.79 Å². The van der Waals surface area contributed by atoms with E-state index in [1.165, 1.54) is 17.5 Å². The van der Waals surface area contributed by atoms with Crippen molar-refractivity contribution in [1.29, 1.82) is 0 Å². The van der Waals surface area contributed by atoms with Gasteiger partial charge in [0.25, 0.3) is 8.32 Å². The van der Waals surface area contributed by atoms with Crippen molar-refractivity contribution in [2.45, 2.75) is 103 Å². The lowest BCUT2D eigenvalue weighted by Gasteiger charge is -2.50. The molecule has 0 saturated heterocycles. The van der Waals surface area contributed by atoms with Crippen LogP contribution in [0.2, 0.25) is 18.1 Å². The van der Waals surface area contributed by atoms with Crippen molar-refractivity contribution in [3.05, 3.63) is 23.3 Å². The van der Waals surface area contributed by atoms with Gasteiger partial charge in [-0.05, 0) is 103 Å². The summed E-state index contributed by atoms with van der Waals surface area (Å²) in [6, 6.07) is 4.46. The number of hydrogen-bond acceptors (Lipinski definition) is 3. The second kappa shape index (κ2) is 7.62. The Morgan fingerprint density at radius 2 is 1.90 bits per heavy atom. The number of aryl methyl sites for hydroxylation is 1. The molecule has 1 amide bonds. The molecule has 3 aliphatic carbocycles. The third-order valence-corrected chi connectivity index (χ3v) is 13.6. The summed E-state index contributed by atoms with van der Waals surface area (Å²) in [6.07, 6.45) is 6.44. The fourth-order valence-electron chi connectivity index (χ4n) is 6.37. The van der Waals surface area contributed by atoms with Crippen LogP contribution in [0.15, 0.2) is 12.1 Å². The van der Waals surface area contributed by atoms with E-state index in [1.54, 1.807) is 6.92 Å². The maximum Gasteiger partial charge on any atom is 0.250 e. The van der Waals surface area contributed by atoms with Gasteiger partial charge in [0.15, 0.2) is 0 Å². The molecule has 3 aliphatic rings. The number of aliphatic hydroxyl groups is 1. The van der Waals surface area contributed by atoms with Crippen LogP contribution in [0.25, 0.3) is 0 Å². The summed E-state index contributed by atoms with van der Waals surface area (Å²) in [7, 11) is -2.02. The van der Waals surface area contributed by atoms with E-state index in [9.17, 15) is 9.90 Å². The maximum absolute atomic E-state index is 12.0. The van der Waals surface area contributed by atoms with Gasteiger partial charge in [-0.1, -0.05) is 27.7 Å². The summed E-state index contributed by atoms with van der Waals surface area (Å²) >= 11 is 0. The van der Waals surface area contributed by atoms with Crippen molar-refractivity contribution in [2.24, 2.45) is 17.3 Å². The van der Waals surface area contributed by atoms with Crippen molar-refractivity contribution >= 4 is 19.9 Å². The molecular formula is C26H41NO3Si. The molecule has 2 N–H and O–H groups in total. The summed E-state index contributed by atoms with van der Waals surface area (Å²) in [4.78, 5) is 12.0. The minimum atomic E-state index is -2.02. The number of rotatable bonds is 3. The Kier molecular flexibility index (Phi) is 5.61. The number of amides is 1. The largest absolute Gasteiger partial charge is 0.542 e. The molecule has 0 radical (unpaired) electrons. The number of benzene rings is 1. The standard InChI is InChI=1S/C26H41NO3Si/c1-16(28)27-22-15-20-17(14-23(22)30-31(6,7)25(2,3)4)8-9-19-18(20)12-13-26(5)21(19)10-11-24(26)29/h14-15,18-19,21,24,29H,8-13H2,1-7H3,(H,27,28)/t18-,19+,21-,24-,26-/m0/s1. The summed E-state index contributed by atoms with van der Waals surface area (Å²) in [5.74, 6) is 2.57. The topological polar surface area (TPSA) is 58.6 Å². The lowest BCUT2D eigenvalue weighted by atomic mass is 9.55. The monoisotopic (exact) mass is 443 g/mol. The molecule has 0 aliphatic heterocycles. The SMILES string of the molecule is CC(=O)Nc1cc2c(cc1O[Si](C)(C)C(C)(C)C)CC[C@@H]1[C@@H]2CC[C@]2(C)[C@@H](O)CC[C@@H]12. The highest BCUT2D eigenvalue weighted by atomic mass is 28.4. The summed E-state index contributed by atoms with van der Waals surface area (Å²) < 4.78 is 6.69. The quantitative estimate of drug-likeness (QED) is 0.543. The van der Waals surface area contributed by atoms with Crippen LogP contribution in [-0.4, -0.2) is 25.4 Å². The first-order valence-corrected chi connectivity index (χ1v) is 15.1. The van der Waals surface area contributed by atoms with Crippen molar-refractivity contribution < 1.29 is 14.3 Å². The number of carbonyl (C=O) groups is 1.